The van der Waals surface area contributed by atoms with E-state index in [1.165, 1.54) is 19.3 Å². The van der Waals surface area contributed by atoms with Crippen LogP contribution >= 0.6 is 0 Å². The van der Waals surface area contributed by atoms with E-state index >= 15 is 0 Å². The average Bonchev–Trinajstić information content (AvgIpc) is 3.18. The third-order valence-corrected chi connectivity index (χ3v) is 8.14. The second-order valence-electron chi connectivity index (χ2n) is 11.5. The Morgan fingerprint density at radius 1 is 1.14 bits per heavy atom. The number of carbonyl (C=O) groups excluding carboxylic acids is 2. The Kier molecular flexibility index (Phi) is 6.18. The van der Waals surface area contributed by atoms with Crippen LogP contribution in [-0.4, -0.2) is 29.3 Å². The van der Waals surface area contributed by atoms with Crippen molar-refractivity contribution >= 4 is 11.8 Å². The molecule has 160 valence electrons. The summed E-state index contributed by atoms with van der Waals surface area (Å²) in [5.41, 5.74) is 6.22. The van der Waals surface area contributed by atoms with Crippen molar-refractivity contribution < 1.29 is 9.59 Å². The standard InChI is InChI=1S/C24H42N2O2/c1-6-16(2)21(19(11-20(25)27)17-9-7-8-10-17)22(28)26-15-24(5)13-18(26)12-23(3,4)14-24/h16-19,21H,6-15H2,1-5H3,(H2,25,27). The van der Waals surface area contributed by atoms with Gasteiger partial charge in [0, 0.05) is 24.9 Å². The predicted molar refractivity (Wildman–Crippen MR) is 113 cm³/mol. The summed E-state index contributed by atoms with van der Waals surface area (Å²) in [6.45, 7) is 12.3. The molecule has 3 aliphatic rings. The summed E-state index contributed by atoms with van der Waals surface area (Å²) in [6, 6.07) is 0.366. The first-order valence-electron chi connectivity index (χ1n) is 11.6. The summed E-state index contributed by atoms with van der Waals surface area (Å²) >= 11 is 0. The SMILES string of the molecule is CCC(C)C(C(=O)N1CC2(C)CC1CC(C)(C)C2)C(CC(N)=O)C1CCCC1. The normalized spacial score (nSPS) is 32.9. The van der Waals surface area contributed by atoms with Crippen LogP contribution in [0.3, 0.4) is 0 Å². The molecule has 0 aromatic heterocycles. The molecule has 5 unspecified atom stereocenters. The first-order valence-corrected chi connectivity index (χ1v) is 11.6. The molecule has 0 radical (unpaired) electrons. The Morgan fingerprint density at radius 2 is 1.79 bits per heavy atom. The molecular weight excluding hydrogens is 348 g/mol. The number of carbonyl (C=O) groups is 2. The van der Waals surface area contributed by atoms with Crippen LogP contribution in [0, 0.1) is 34.5 Å². The maximum atomic E-state index is 14.0. The molecule has 1 saturated heterocycles. The molecule has 5 atom stereocenters. The highest BCUT2D eigenvalue weighted by Gasteiger charge is 2.53. The minimum Gasteiger partial charge on any atom is -0.370 e. The van der Waals surface area contributed by atoms with E-state index in [2.05, 4.69) is 39.5 Å². The molecule has 1 heterocycles. The van der Waals surface area contributed by atoms with Crippen molar-refractivity contribution in [1.82, 2.24) is 4.90 Å². The zero-order valence-electron chi connectivity index (χ0n) is 18.8. The Labute approximate surface area is 172 Å². The smallest absolute Gasteiger partial charge is 0.226 e. The summed E-state index contributed by atoms with van der Waals surface area (Å²) in [5.74, 6) is 0.892. The Balaban J connectivity index is 1.88. The van der Waals surface area contributed by atoms with Gasteiger partial charge in [-0.2, -0.15) is 0 Å². The number of primary amides is 1. The predicted octanol–water partition coefficient (Wildman–Crippen LogP) is 4.76. The molecule has 1 aliphatic heterocycles. The molecule has 2 bridgehead atoms. The number of amides is 2. The molecule has 2 amide bonds. The summed E-state index contributed by atoms with van der Waals surface area (Å²) in [7, 11) is 0. The number of fused-ring (bicyclic) bond motifs is 2. The fraction of sp³-hybridized carbons (Fsp3) is 0.917. The summed E-state index contributed by atoms with van der Waals surface area (Å²) in [6.07, 6.45) is 9.51. The van der Waals surface area contributed by atoms with Gasteiger partial charge in [-0.1, -0.05) is 66.7 Å². The zero-order chi connectivity index (χ0) is 20.7. The van der Waals surface area contributed by atoms with E-state index in [1.807, 2.05) is 0 Å². The van der Waals surface area contributed by atoms with Crippen molar-refractivity contribution in [2.24, 2.45) is 40.2 Å². The van der Waals surface area contributed by atoms with Crippen molar-refractivity contribution in [3.05, 3.63) is 0 Å². The van der Waals surface area contributed by atoms with Crippen molar-refractivity contribution in [2.75, 3.05) is 6.54 Å². The third-order valence-electron chi connectivity index (χ3n) is 8.14. The number of hydrogen-bond acceptors (Lipinski definition) is 2. The van der Waals surface area contributed by atoms with Crippen LogP contribution in [-0.2, 0) is 9.59 Å². The Bertz CT molecular complexity index is 595. The van der Waals surface area contributed by atoms with E-state index < -0.39 is 0 Å². The number of nitrogens with two attached hydrogens (primary N) is 1. The van der Waals surface area contributed by atoms with Gasteiger partial charge in [0.15, 0.2) is 0 Å². The van der Waals surface area contributed by atoms with Gasteiger partial charge in [-0.05, 0) is 47.8 Å². The number of rotatable bonds is 7. The van der Waals surface area contributed by atoms with E-state index in [0.717, 1.165) is 38.6 Å². The van der Waals surface area contributed by atoms with Gasteiger partial charge >= 0.3 is 0 Å². The molecule has 2 N–H and O–H groups in total. The lowest BCUT2D eigenvalue weighted by atomic mass is 9.65. The van der Waals surface area contributed by atoms with Gasteiger partial charge in [0.05, 0.1) is 0 Å². The van der Waals surface area contributed by atoms with Gasteiger partial charge in [0.1, 0.15) is 0 Å². The maximum absolute atomic E-state index is 14.0. The fourth-order valence-corrected chi connectivity index (χ4v) is 7.22. The first kappa shape index (κ1) is 21.6. The maximum Gasteiger partial charge on any atom is 0.226 e. The van der Waals surface area contributed by atoms with Crippen LogP contribution in [0.1, 0.15) is 92.4 Å². The monoisotopic (exact) mass is 390 g/mol. The summed E-state index contributed by atoms with van der Waals surface area (Å²) in [4.78, 5) is 28.2. The molecule has 3 rings (SSSR count). The minimum absolute atomic E-state index is 0.0633. The first-order chi connectivity index (χ1) is 13.1. The lowest BCUT2D eigenvalue weighted by Gasteiger charge is -2.40. The second-order valence-corrected chi connectivity index (χ2v) is 11.5. The molecule has 4 heteroatoms. The van der Waals surface area contributed by atoms with E-state index in [0.29, 0.717) is 35.6 Å². The lowest BCUT2D eigenvalue weighted by molar-refractivity contribution is -0.142. The van der Waals surface area contributed by atoms with Crippen molar-refractivity contribution in [1.29, 1.82) is 0 Å². The van der Waals surface area contributed by atoms with Crippen LogP contribution in [0.25, 0.3) is 0 Å². The van der Waals surface area contributed by atoms with Crippen LogP contribution in [0.5, 0.6) is 0 Å². The highest BCUT2D eigenvalue weighted by Crippen LogP contribution is 2.53. The fourth-order valence-electron chi connectivity index (χ4n) is 7.22. The van der Waals surface area contributed by atoms with Gasteiger partial charge in [-0.15, -0.1) is 0 Å². The molecule has 28 heavy (non-hydrogen) atoms. The number of nitrogens with zero attached hydrogens (tertiary/aromatic N) is 1. The molecule has 2 aliphatic carbocycles. The van der Waals surface area contributed by atoms with Gasteiger partial charge in [0.2, 0.25) is 11.8 Å². The highest BCUT2D eigenvalue weighted by atomic mass is 16.2. The zero-order valence-corrected chi connectivity index (χ0v) is 18.8. The molecule has 0 aromatic carbocycles. The molecule has 4 nitrogen and oxygen atoms in total. The van der Waals surface area contributed by atoms with Gasteiger partial charge in [0.25, 0.3) is 0 Å². The average molecular weight is 391 g/mol. The second kappa shape index (κ2) is 7.99. The molecule has 0 aromatic rings. The molecule has 2 saturated carbocycles. The van der Waals surface area contributed by atoms with Crippen LogP contribution < -0.4 is 5.73 Å². The van der Waals surface area contributed by atoms with Gasteiger partial charge < -0.3 is 10.6 Å². The largest absolute Gasteiger partial charge is 0.370 e. The minimum atomic E-state index is -0.244. The van der Waals surface area contributed by atoms with Crippen molar-refractivity contribution in [3.63, 3.8) is 0 Å². The quantitative estimate of drug-likeness (QED) is 0.681. The van der Waals surface area contributed by atoms with Gasteiger partial charge in [-0.25, -0.2) is 0 Å². The lowest BCUT2D eigenvalue weighted by Crippen LogP contribution is -2.46. The van der Waals surface area contributed by atoms with Crippen LogP contribution in [0.2, 0.25) is 0 Å². The summed E-state index contributed by atoms with van der Waals surface area (Å²) in [5, 5.41) is 0. The molecule has 3 fully saturated rings. The Hall–Kier alpha value is -1.06. The van der Waals surface area contributed by atoms with E-state index in [4.69, 9.17) is 5.73 Å². The summed E-state index contributed by atoms with van der Waals surface area (Å²) < 4.78 is 0. The van der Waals surface area contributed by atoms with E-state index in [1.54, 1.807) is 0 Å². The highest BCUT2D eigenvalue weighted by molar-refractivity contribution is 5.82. The van der Waals surface area contributed by atoms with Gasteiger partial charge in [-0.3, -0.25) is 9.59 Å². The Morgan fingerprint density at radius 3 is 2.36 bits per heavy atom. The van der Waals surface area contributed by atoms with Crippen molar-refractivity contribution in [3.8, 4) is 0 Å². The number of hydrogen-bond donors (Lipinski definition) is 1. The van der Waals surface area contributed by atoms with Crippen LogP contribution in [0.15, 0.2) is 0 Å². The topological polar surface area (TPSA) is 63.4 Å². The molecular formula is C24H42N2O2. The third kappa shape index (κ3) is 4.41. The van der Waals surface area contributed by atoms with Crippen LogP contribution in [0.4, 0.5) is 0 Å². The van der Waals surface area contributed by atoms with E-state index in [9.17, 15) is 9.59 Å². The number of likely N-dealkylation sites (tertiary alicyclic amines) is 1. The van der Waals surface area contributed by atoms with E-state index in [-0.39, 0.29) is 23.2 Å². The molecule has 0 spiro atoms. The van der Waals surface area contributed by atoms with Crippen molar-refractivity contribution in [2.45, 2.75) is 98.4 Å².